The fourth-order valence-corrected chi connectivity index (χ4v) is 1.38. The molecule has 1 aromatic rings. The van der Waals surface area contributed by atoms with Crippen molar-refractivity contribution < 1.29 is 9.53 Å². The molecule has 0 atom stereocenters. The standard InChI is InChI=1S/C11H11ClO2/c1-3-14-8(2)10-5-4-9(7-13)6-11(10)12/h4-7H,2-3H2,1H3. The Hall–Kier alpha value is -1.28. The van der Waals surface area contributed by atoms with E-state index in [1.54, 1.807) is 18.2 Å². The molecule has 0 aliphatic carbocycles. The fraction of sp³-hybridized carbons (Fsp3) is 0.182. The average molecular weight is 211 g/mol. The molecule has 3 heteroatoms. The highest BCUT2D eigenvalue weighted by atomic mass is 35.5. The number of carbonyl (C=O) groups is 1. The molecule has 0 N–H and O–H groups in total. The van der Waals surface area contributed by atoms with Gasteiger partial charge in [0.15, 0.2) is 0 Å². The number of aldehydes is 1. The maximum atomic E-state index is 10.5. The number of halogens is 1. The van der Waals surface area contributed by atoms with Gasteiger partial charge in [-0.3, -0.25) is 4.79 Å². The summed E-state index contributed by atoms with van der Waals surface area (Å²) in [6, 6.07) is 5.00. The van der Waals surface area contributed by atoms with Crippen molar-refractivity contribution in [2.75, 3.05) is 6.61 Å². The van der Waals surface area contributed by atoms with Crippen LogP contribution in [0.15, 0.2) is 24.8 Å². The van der Waals surface area contributed by atoms with Crippen LogP contribution >= 0.6 is 11.6 Å². The molecule has 0 amide bonds. The molecule has 0 aliphatic rings. The van der Waals surface area contributed by atoms with E-state index in [0.29, 0.717) is 23.0 Å². The summed E-state index contributed by atoms with van der Waals surface area (Å²) < 4.78 is 5.21. The minimum atomic E-state index is 0.480. The van der Waals surface area contributed by atoms with Crippen LogP contribution in [-0.4, -0.2) is 12.9 Å². The van der Waals surface area contributed by atoms with Crippen molar-refractivity contribution in [2.24, 2.45) is 0 Å². The van der Waals surface area contributed by atoms with E-state index >= 15 is 0 Å². The summed E-state index contributed by atoms with van der Waals surface area (Å²) in [4.78, 5) is 10.5. The minimum Gasteiger partial charge on any atom is -0.494 e. The fourth-order valence-electron chi connectivity index (χ4n) is 1.08. The summed E-state index contributed by atoms with van der Waals surface area (Å²) in [5.74, 6) is 0.523. The van der Waals surface area contributed by atoms with Crippen molar-refractivity contribution >= 4 is 23.6 Å². The highest BCUT2D eigenvalue weighted by Crippen LogP contribution is 2.24. The number of rotatable bonds is 4. The second-order valence-corrected chi connectivity index (χ2v) is 3.12. The number of hydrogen-bond acceptors (Lipinski definition) is 2. The van der Waals surface area contributed by atoms with Gasteiger partial charge in [0, 0.05) is 11.1 Å². The van der Waals surface area contributed by atoms with Crippen LogP contribution in [0.5, 0.6) is 0 Å². The van der Waals surface area contributed by atoms with Gasteiger partial charge in [0.25, 0.3) is 0 Å². The van der Waals surface area contributed by atoms with Crippen LogP contribution in [0.4, 0.5) is 0 Å². The molecule has 0 bridgehead atoms. The van der Waals surface area contributed by atoms with Gasteiger partial charge in [0.1, 0.15) is 12.0 Å². The average Bonchev–Trinajstić information content (AvgIpc) is 2.17. The van der Waals surface area contributed by atoms with E-state index in [0.717, 1.165) is 11.8 Å². The van der Waals surface area contributed by atoms with Gasteiger partial charge in [-0.1, -0.05) is 24.2 Å². The monoisotopic (exact) mass is 210 g/mol. The predicted octanol–water partition coefficient (Wildman–Crippen LogP) is 3.16. The van der Waals surface area contributed by atoms with Gasteiger partial charge < -0.3 is 4.74 Å². The molecule has 0 unspecified atom stereocenters. The van der Waals surface area contributed by atoms with E-state index in [-0.39, 0.29) is 0 Å². The summed E-state index contributed by atoms with van der Waals surface area (Å²) in [7, 11) is 0. The summed E-state index contributed by atoms with van der Waals surface area (Å²) in [5, 5.41) is 0.480. The molecule has 0 fully saturated rings. The molecule has 74 valence electrons. The highest BCUT2D eigenvalue weighted by Gasteiger charge is 2.05. The van der Waals surface area contributed by atoms with E-state index in [9.17, 15) is 4.79 Å². The molecule has 0 spiro atoms. The number of benzene rings is 1. The molecule has 0 aromatic heterocycles. The van der Waals surface area contributed by atoms with Crippen molar-refractivity contribution in [3.63, 3.8) is 0 Å². The van der Waals surface area contributed by atoms with E-state index in [4.69, 9.17) is 16.3 Å². The van der Waals surface area contributed by atoms with Gasteiger partial charge in [-0.25, -0.2) is 0 Å². The second kappa shape index (κ2) is 4.82. The molecule has 14 heavy (non-hydrogen) atoms. The number of ether oxygens (including phenoxy) is 1. The van der Waals surface area contributed by atoms with Gasteiger partial charge in [0.05, 0.1) is 11.6 Å². The Kier molecular flexibility index (Phi) is 3.72. The van der Waals surface area contributed by atoms with Crippen LogP contribution in [-0.2, 0) is 4.74 Å². The van der Waals surface area contributed by atoms with Gasteiger partial charge >= 0.3 is 0 Å². The lowest BCUT2D eigenvalue weighted by atomic mass is 10.1. The van der Waals surface area contributed by atoms with E-state index in [1.807, 2.05) is 6.92 Å². The van der Waals surface area contributed by atoms with Gasteiger partial charge in [-0.2, -0.15) is 0 Å². The van der Waals surface area contributed by atoms with E-state index < -0.39 is 0 Å². The maximum absolute atomic E-state index is 10.5. The Morgan fingerprint density at radius 2 is 2.36 bits per heavy atom. The zero-order valence-corrected chi connectivity index (χ0v) is 8.67. The van der Waals surface area contributed by atoms with Gasteiger partial charge in [-0.15, -0.1) is 0 Å². The zero-order valence-electron chi connectivity index (χ0n) is 7.92. The lowest BCUT2D eigenvalue weighted by Crippen LogP contribution is -1.92. The van der Waals surface area contributed by atoms with Crippen LogP contribution in [0.25, 0.3) is 5.76 Å². The largest absolute Gasteiger partial charge is 0.494 e. The Morgan fingerprint density at radius 3 is 2.86 bits per heavy atom. The Morgan fingerprint density at radius 1 is 1.64 bits per heavy atom. The van der Waals surface area contributed by atoms with Crippen LogP contribution in [0.1, 0.15) is 22.8 Å². The Bertz CT molecular complexity index is 358. The third-order valence-electron chi connectivity index (χ3n) is 1.75. The first-order chi connectivity index (χ1) is 6.69. The SMILES string of the molecule is C=C(OCC)c1ccc(C=O)cc1Cl. The lowest BCUT2D eigenvalue weighted by molar-refractivity contribution is 0.112. The van der Waals surface area contributed by atoms with Crippen LogP contribution in [0, 0.1) is 0 Å². The first kappa shape index (κ1) is 10.8. The smallest absolute Gasteiger partial charge is 0.150 e. The first-order valence-electron chi connectivity index (χ1n) is 4.25. The number of hydrogen-bond donors (Lipinski definition) is 0. The quantitative estimate of drug-likeness (QED) is 0.564. The van der Waals surface area contributed by atoms with Gasteiger partial charge in [0.2, 0.25) is 0 Å². The highest BCUT2D eigenvalue weighted by molar-refractivity contribution is 6.32. The topological polar surface area (TPSA) is 26.3 Å². The molecule has 0 aliphatic heterocycles. The van der Waals surface area contributed by atoms with Crippen molar-refractivity contribution in [3.8, 4) is 0 Å². The zero-order chi connectivity index (χ0) is 10.6. The molecule has 1 aromatic carbocycles. The second-order valence-electron chi connectivity index (χ2n) is 2.71. The summed E-state index contributed by atoms with van der Waals surface area (Å²) in [5.41, 5.74) is 1.27. The molecule has 2 nitrogen and oxygen atoms in total. The van der Waals surface area contributed by atoms with Crippen LogP contribution in [0.3, 0.4) is 0 Å². The predicted molar refractivity (Wildman–Crippen MR) is 57.5 cm³/mol. The third kappa shape index (κ3) is 2.36. The number of carbonyl (C=O) groups excluding carboxylic acids is 1. The molecular weight excluding hydrogens is 200 g/mol. The van der Waals surface area contributed by atoms with E-state index in [2.05, 4.69) is 6.58 Å². The van der Waals surface area contributed by atoms with Crippen LogP contribution < -0.4 is 0 Å². The third-order valence-corrected chi connectivity index (χ3v) is 2.06. The maximum Gasteiger partial charge on any atom is 0.150 e. The Labute approximate surface area is 88.1 Å². The van der Waals surface area contributed by atoms with Crippen molar-refractivity contribution in [3.05, 3.63) is 40.9 Å². The lowest BCUT2D eigenvalue weighted by Gasteiger charge is -2.08. The normalized spacial score (nSPS) is 9.57. The molecule has 1 rings (SSSR count). The molecule has 0 heterocycles. The van der Waals surface area contributed by atoms with E-state index in [1.165, 1.54) is 0 Å². The summed E-state index contributed by atoms with van der Waals surface area (Å²) >= 11 is 5.94. The molecular formula is C11H11ClO2. The summed E-state index contributed by atoms with van der Waals surface area (Å²) in [6.45, 7) is 6.16. The Balaban J connectivity index is 2.99. The summed E-state index contributed by atoms with van der Waals surface area (Å²) in [6.07, 6.45) is 0.749. The minimum absolute atomic E-state index is 0.480. The van der Waals surface area contributed by atoms with Gasteiger partial charge in [-0.05, 0) is 19.1 Å². The van der Waals surface area contributed by atoms with Crippen molar-refractivity contribution in [1.82, 2.24) is 0 Å². The van der Waals surface area contributed by atoms with Crippen molar-refractivity contribution in [2.45, 2.75) is 6.92 Å². The molecule has 0 saturated heterocycles. The molecule has 0 radical (unpaired) electrons. The van der Waals surface area contributed by atoms with Crippen molar-refractivity contribution in [1.29, 1.82) is 0 Å². The van der Waals surface area contributed by atoms with Crippen LogP contribution in [0.2, 0.25) is 5.02 Å². The molecule has 0 saturated carbocycles. The first-order valence-corrected chi connectivity index (χ1v) is 4.63.